The van der Waals surface area contributed by atoms with Crippen LogP contribution in [-0.4, -0.2) is 30.1 Å². The fourth-order valence-electron chi connectivity index (χ4n) is 3.18. The Balaban J connectivity index is 1.56. The Kier molecular flexibility index (Phi) is 9.22. The van der Waals surface area contributed by atoms with Gasteiger partial charge in [-0.25, -0.2) is 9.59 Å². The van der Waals surface area contributed by atoms with Crippen LogP contribution in [0.25, 0.3) is 0 Å². The maximum Gasteiger partial charge on any atom is 0.408 e. The molecule has 0 aliphatic carbocycles. The summed E-state index contributed by atoms with van der Waals surface area (Å²) in [5, 5.41) is 5.19. The van der Waals surface area contributed by atoms with Gasteiger partial charge in [-0.1, -0.05) is 91.0 Å². The van der Waals surface area contributed by atoms with Gasteiger partial charge in [0, 0.05) is 6.42 Å². The van der Waals surface area contributed by atoms with E-state index < -0.39 is 30.1 Å². The van der Waals surface area contributed by atoms with Crippen molar-refractivity contribution in [1.29, 1.82) is 0 Å². The van der Waals surface area contributed by atoms with Crippen LogP contribution in [0.1, 0.15) is 23.6 Å². The first-order chi connectivity index (χ1) is 16.5. The number of hydrogen-bond acceptors (Lipinski definition) is 5. The van der Waals surface area contributed by atoms with E-state index in [0.29, 0.717) is 0 Å². The molecule has 34 heavy (non-hydrogen) atoms. The molecule has 0 radical (unpaired) electrons. The maximum atomic E-state index is 12.8. The average molecular weight is 461 g/mol. The van der Waals surface area contributed by atoms with E-state index in [2.05, 4.69) is 10.6 Å². The Morgan fingerprint density at radius 2 is 1.15 bits per heavy atom. The van der Waals surface area contributed by atoms with Crippen molar-refractivity contribution in [3.63, 3.8) is 0 Å². The van der Waals surface area contributed by atoms with Crippen LogP contribution < -0.4 is 10.6 Å². The minimum absolute atomic E-state index is 0.0868. The Labute approximate surface area is 199 Å². The Morgan fingerprint density at radius 3 is 1.68 bits per heavy atom. The molecule has 3 aromatic rings. The second kappa shape index (κ2) is 12.8. The first-order valence-electron chi connectivity index (χ1n) is 11.0. The molecule has 2 amide bonds. The molecule has 2 atom stereocenters. The van der Waals surface area contributed by atoms with Gasteiger partial charge in [-0.3, -0.25) is 4.79 Å². The largest absolute Gasteiger partial charge is 0.459 e. The van der Waals surface area contributed by atoms with Gasteiger partial charge in [0.1, 0.15) is 25.3 Å². The number of rotatable bonds is 10. The first kappa shape index (κ1) is 24.5. The summed E-state index contributed by atoms with van der Waals surface area (Å²) in [6, 6.07) is 26.0. The summed E-state index contributed by atoms with van der Waals surface area (Å²) in [5.41, 5.74) is 2.54. The van der Waals surface area contributed by atoms with Gasteiger partial charge in [0.15, 0.2) is 0 Å². The summed E-state index contributed by atoms with van der Waals surface area (Å²) in [6.07, 6.45) is -0.469. The topological polar surface area (TPSA) is 93.7 Å². The molecule has 0 aromatic heterocycles. The predicted molar refractivity (Wildman–Crippen MR) is 128 cm³/mol. The van der Waals surface area contributed by atoms with Crippen LogP contribution in [-0.2, 0) is 38.7 Å². The van der Waals surface area contributed by atoms with Crippen molar-refractivity contribution in [2.24, 2.45) is 0 Å². The van der Waals surface area contributed by atoms with Crippen LogP contribution in [0.15, 0.2) is 91.0 Å². The molecule has 0 saturated carbocycles. The molecular weight excluding hydrogens is 432 g/mol. The van der Waals surface area contributed by atoms with E-state index in [1.807, 2.05) is 91.0 Å². The minimum atomic E-state index is -0.914. The zero-order valence-corrected chi connectivity index (χ0v) is 19.0. The molecule has 0 aliphatic rings. The van der Waals surface area contributed by atoms with Crippen molar-refractivity contribution < 1.29 is 23.9 Å². The molecule has 0 heterocycles. The van der Waals surface area contributed by atoms with Gasteiger partial charge in [0.05, 0.1) is 0 Å². The van der Waals surface area contributed by atoms with Crippen LogP contribution in [0.2, 0.25) is 0 Å². The molecule has 7 nitrogen and oxygen atoms in total. The average Bonchev–Trinajstić information content (AvgIpc) is 2.87. The van der Waals surface area contributed by atoms with Crippen molar-refractivity contribution >= 4 is 18.0 Å². The Morgan fingerprint density at radius 1 is 0.676 bits per heavy atom. The molecule has 0 spiro atoms. The fourth-order valence-corrected chi connectivity index (χ4v) is 3.18. The van der Waals surface area contributed by atoms with E-state index in [1.54, 1.807) is 0 Å². The lowest BCUT2D eigenvalue weighted by atomic mass is 10.1. The summed E-state index contributed by atoms with van der Waals surface area (Å²) in [5.74, 6) is -1.07. The number of amides is 2. The highest BCUT2D eigenvalue weighted by Gasteiger charge is 2.26. The van der Waals surface area contributed by atoms with E-state index >= 15 is 0 Å². The highest BCUT2D eigenvalue weighted by Crippen LogP contribution is 2.08. The van der Waals surface area contributed by atoms with E-state index in [0.717, 1.165) is 16.7 Å². The summed E-state index contributed by atoms with van der Waals surface area (Å²) in [7, 11) is 0. The number of alkyl carbamates (subject to hydrolysis) is 1. The third kappa shape index (κ3) is 8.09. The number of esters is 1. The lowest BCUT2D eigenvalue weighted by Crippen LogP contribution is -2.51. The summed E-state index contributed by atoms with van der Waals surface area (Å²) in [4.78, 5) is 37.7. The summed E-state index contributed by atoms with van der Waals surface area (Å²) >= 11 is 0. The van der Waals surface area contributed by atoms with E-state index in [1.165, 1.54) is 6.92 Å². The van der Waals surface area contributed by atoms with Gasteiger partial charge in [0.2, 0.25) is 5.91 Å². The highest BCUT2D eigenvalue weighted by molar-refractivity contribution is 5.89. The second-order valence-corrected chi connectivity index (χ2v) is 7.77. The van der Waals surface area contributed by atoms with Gasteiger partial charge in [-0.15, -0.1) is 0 Å². The number of carbonyl (C=O) groups excluding carboxylic acids is 3. The number of ether oxygens (including phenoxy) is 2. The number of carbonyl (C=O) groups is 3. The first-order valence-corrected chi connectivity index (χ1v) is 11.0. The van der Waals surface area contributed by atoms with E-state index in [-0.39, 0.29) is 19.6 Å². The number of nitrogens with one attached hydrogen (secondary N) is 2. The van der Waals surface area contributed by atoms with Gasteiger partial charge in [0.25, 0.3) is 0 Å². The van der Waals surface area contributed by atoms with Crippen LogP contribution in [0.3, 0.4) is 0 Å². The lowest BCUT2D eigenvalue weighted by molar-refractivity contribution is -0.149. The molecule has 3 aromatic carbocycles. The molecule has 2 N–H and O–H groups in total. The molecule has 0 aliphatic heterocycles. The van der Waals surface area contributed by atoms with Crippen molar-refractivity contribution in [1.82, 2.24) is 10.6 Å². The number of benzene rings is 3. The molecule has 176 valence electrons. The Bertz CT molecular complexity index is 1060. The van der Waals surface area contributed by atoms with Crippen LogP contribution in [0.4, 0.5) is 4.79 Å². The van der Waals surface area contributed by atoms with Gasteiger partial charge >= 0.3 is 12.1 Å². The van der Waals surface area contributed by atoms with E-state index in [9.17, 15) is 14.4 Å². The maximum absolute atomic E-state index is 12.8. The monoisotopic (exact) mass is 460 g/mol. The van der Waals surface area contributed by atoms with Crippen molar-refractivity contribution in [2.75, 3.05) is 0 Å². The van der Waals surface area contributed by atoms with Gasteiger partial charge < -0.3 is 20.1 Å². The molecule has 0 bridgehead atoms. The standard InChI is InChI=1S/C27H28N2O5/c1-20(28-27(32)34-19-23-15-9-4-10-16-23)25(30)29-24(17-21-11-5-2-6-12-21)26(31)33-18-22-13-7-3-8-14-22/h2-16,20,24H,17-19H2,1H3,(H,28,32)(H,29,30). The predicted octanol–water partition coefficient (Wildman–Crippen LogP) is 3.77. The fraction of sp³-hybridized carbons (Fsp3) is 0.222. The smallest absolute Gasteiger partial charge is 0.408 e. The third-order valence-electron chi connectivity index (χ3n) is 5.05. The van der Waals surface area contributed by atoms with Crippen LogP contribution >= 0.6 is 0 Å². The minimum Gasteiger partial charge on any atom is -0.459 e. The van der Waals surface area contributed by atoms with Crippen molar-refractivity contribution in [3.05, 3.63) is 108 Å². The summed E-state index contributed by atoms with van der Waals surface area (Å²) in [6.45, 7) is 1.71. The van der Waals surface area contributed by atoms with Gasteiger partial charge in [-0.05, 0) is 23.6 Å². The quantitative estimate of drug-likeness (QED) is 0.449. The SMILES string of the molecule is CC(NC(=O)OCc1ccccc1)C(=O)NC(Cc1ccccc1)C(=O)OCc1ccccc1. The summed E-state index contributed by atoms with van der Waals surface area (Å²) < 4.78 is 10.6. The van der Waals surface area contributed by atoms with Gasteiger partial charge in [-0.2, -0.15) is 0 Å². The molecular formula is C27H28N2O5. The van der Waals surface area contributed by atoms with Crippen molar-refractivity contribution in [3.8, 4) is 0 Å². The second-order valence-electron chi connectivity index (χ2n) is 7.77. The van der Waals surface area contributed by atoms with Crippen LogP contribution in [0, 0.1) is 0 Å². The molecule has 7 heteroatoms. The zero-order valence-electron chi connectivity index (χ0n) is 19.0. The highest BCUT2D eigenvalue weighted by atomic mass is 16.5. The Hall–Kier alpha value is -4.13. The normalized spacial score (nSPS) is 12.1. The van der Waals surface area contributed by atoms with E-state index in [4.69, 9.17) is 9.47 Å². The van der Waals surface area contributed by atoms with Crippen LogP contribution in [0.5, 0.6) is 0 Å². The third-order valence-corrected chi connectivity index (χ3v) is 5.05. The number of hydrogen-bond donors (Lipinski definition) is 2. The van der Waals surface area contributed by atoms with Crippen molar-refractivity contribution in [2.45, 2.75) is 38.6 Å². The molecule has 3 rings (SSSR count). The zero-order chi connectivity index (χ0) is 24.2. The lowest BCUT2D eigenvalue weighted by Gasteiger charge is -2.21. The molecule has 0 saturated heterocycles. The molecule has 2 unspecified atom stereocenters. The molecule has 0 fully saturated rings.